The first-order chi connectivity index (χ1) is 9.28. The maximum atomic E-state index is 8.84. The van der Waals surface area contributed by atoms with Gasteiger partial charge in [-0.15, -0.1) is 5.10 Å². The highest BCUT2D eigenvalue weighted by molar-refractivity contribution is 5.42. The maximum Gasteiger partial charge on any atom is 0.184 e. The summed E-state index contributed by atoms with van der Waals surface area (Å²) in [5, 5.41) is 16.8. The first kappa shape index (κ1) is 13.3. The number of hydrogen-bond donors (Lipinski definition) is 1. The monoisotopic (exact) mass is 264 g/mol. The fourth-order valence-corrected chi connectivity index (χ4v) is 1.76. The van der Waals surface area contributed by atoms with Gasteiger partial charge >= 0.3 is 0 Å². The zero-order valence-electron chi connectivity index (χ0n) is 10.9. The van der Waals surface area contributed by atoms with Crippen LogP contribution in [0.15, 0.2) is 18.5 Å². The van der Waals surface area contributed by atoms with Gasteiger partial charge in [0.05, 0.1) is 26.5 Å². The molecule has 2 rings (SSSR count). The summed E-state index contributed by atoms with van der Waals surface area (Å²) in [5.41, 5.74) is 1.45. The maximum absolute atomic E-state index is 8.84. The molecule has 0 radical (unpaired) electrons. The van der Waals surface area contributed by atoms with Gasteiger partial charge in [0.2, 0.25) is 0 Å². The van der Waals surface area contributed by atoms with E-state index in [9.17, 15) is 0 Å². The van der Waals surface area contributed by atoms with Gasteiger partial charge in [0, 0.05) is 31.5 Å². The summed E-state index contributed by atoms with van der Waals surface area (Å²) in [6.45, 7) is 0.484. The standard InChI is InChI=1S/C12H16N4O3/c1-18-11-3-5-13-10(12(11)19-2)8-16-7-9(4-6-17)14-15-16/h3,5,7,17H,4,6,8H2,1-2H3. The lowest BCUT2D eigenvalue weighted by Crippen LogP contribution is -2.05. The van der Waals surface area contributed by atoms with E-state index < -0.39 is 0 Å². The predicted octanol–water partition coefficient (Wildman–Crippen LogP) is 0.273. The van der Waals surface area contributed by atoms with Crippen LogP contribution in [0.1, 0.15) is 11.4 Å². The molecule has 2 heterocycles. The van der Waals surface area contributed by atoms with Gasteiger partial charge in [0.1, 0.15) is 5.69 Å². The molecule has 7 nitrogen and oxygen atoms in total. The third kappa shape index (κ3) is 3.00. The molecule has 0 saturated heterocycles. The summed E-state index contributed by atoms with van der Waals surface area (Å²) in [5.74, 6) is 1.22. The van der Waals surface area contributed by atoms with Crippen LogP contribution in [0.3, 0.4) is 0 Å². The zero-order valence-corrected chi connectivity index (χ0v) is 10.9. The molecule has 0 bridgehead atoms. The van der Waals surface area contributed by atoms with Gasteiger partial charge in [0.15, 0.2) is 11.5 Å². The average Bonchev–Trinajstić information content (AvgIpc) is 2.86. The molecule has 2 aromatic heterocycles. The van der Waals surface area contributed by atoms with Gasteiger partial charge in [-0.3, -0.25) is 4.98 Å². The number of ether oxygens (including phenoxy) is 2. The number of pyridine rings is 1. The third-order valence-electron chi connectivity index (χ3n) is 2.63. The molecule has 0 aliphatic heterocycles. The minimum atomic E-state index is 0.0550. The van der Waals surface area contributed by atoms with Crippen molar-refractivity contribution in [2.75, 3.05) is 20.8 Å². The van der Waals surface area contributed by atoms with Crippen LogP contribution in [-0.2, 0) is 13.0 Å². The summed E-state index contributed by atoms with van der Waals surface area (Å²) in [4.78, 5) is 4.27. The molecule has 0 atom stereocenters. The highest BCUT2D eigenvalue weighted by Crippen LogP contribution is 2.29. The molecule has 0 fully saturated rings. The van der Waals surface area contributed by atoms with Crippen LogP contribution in [0.4, 0.5) is 0 Å². The van der Waals surface area contributed by atoms with E-state index in [1.807, 2.05) is 0 Å². The number of rotatable bonds is 6. The van der Waals surface area contributed by atoms with Crippen molar-refractivity contribution in [3.63, 3.8) is 0 Å². The molecule has 2 aromatic rings. The minimum absolute atomic E-state index is 0.0550. The number of aliphatic hydroxyl groups excluding tert-OH is 1. The molecule has 0 aliphatic carbocycles. The highest BCUT2D eigenvalue weighted by atomic mass is 16.5. The summed E-state index contributed by atoms with van der Waals surface area (Å²) in [6.07, 6.45) is 3.92. The summed E-state index contributed by atoms with van der Waals surface area (Å²) < 4.78 is 12.2. The van der Waals surface area contributed by atoms with Crippen molar-refractivity contribution >= 4 is 0 Å². The minimum Gasteiger partial charge on any atom is -0.493 e. The predicted molar refractivity (Wildman–Crippen MR) is 67.3 cm³/mol. The van der Waals surface area contributed by atoms with E-state index in [0.717, 1.165) is 5.69 Å². The Hall–Kier alpha value is -2.15. The molecule has 0 spiro atoms. The van der Waals surface area contributed by atoms with Gasteiger partial charge in [-0.05, 0) is 0 Å². The lowest BCUT2D eigenvalue weighted by Gasteiger charge is -2.11. The molecule has 7 heteroatoms. The van der Waals surface area contributed by atoms with Crippen molar-refractivity contribution in [2.45, 2.75) is 13.0 Å². The van der Waals surface area contributed by atoms with Crippen molar-refractivity contribution in [1.29, 1.82) is 0 Å². The molecule has 0 saturated carbocycles. The van der Waals surface area contributed by atoms with Crippen LogP contribution < -0.4 is 9.47 Å². The topological polar surface area (TPSA) is 82.3 Å². The largest absolute Gasteiger partial charge is 0.493 e. The first-order valence-corrected chi connectivity index (χ1v) is 5.84. The SMILES string of the molecule is COc1ccnc(Cn2cc(CCO)nn2)c1OC. The number of aliphatic hydroxyl groups is 1. The number of hydrogen-bond acceptors (Lipinski definition) is 6. The van der Waals surface area contributed by atoms with Crippen molar-refractivity contribution in [3.8, 4) is 11.5 Å². The van der Waals surface area contributed by atoms with E-state index in [4.69, 9.17) is 14.6 Å². The second-order valence-corrected chi connectivity index (χ2v) is 3.87. The lowest BCUT2D eigenvalue weighted by molar-refractivity contribution is 0.298. The van der Waals surface area contributed by atoms with Crippen LogP contribution in [0, 0.1) is 0 Å². The smallest absolute Gasteiger partial charge is 0.184 e. The third-order valence-corrected chi connectivity index (χ3v) is 2.63. The normalized spacial score (nSPS) is 10.5. The Labute approximate surface area is 110 Å². The molecule has 19 heavy (non-hydrogen) atoms. The molecular weight excluding hydrogens is 248 g/mol. The van der Waals surface area contributed by atoms with Crippen LogP contribution in [-0.4, -0.2) is 45.9 Å². The Morgan fingerprint density at radius 3 is 2.84 bits per heavy atom. The van der Waals surface area contributed by atoms with Gasteiger partial charge in [-0.2, -0.15) is 0 Å². The van der Waals surface area contributed by atoms with Crippen molar-refractivity contribution in [1.82, 2.24) is 20.0 Å². The molecule has 0 aromatic carbocycles. The Bertz CT molecular complexity index is 542. The van der Waals surface area contributed by atoms with Crippen molar-refractivity contribution < 1.29 is 14.6 Å². The van der Waals surface area contributed by atoms with E-state index in [2.05, 4.69) is 15.3 Å². The number of methoxy groups -OCH3 is 2. The zero-order chi connectivity index (χ0) is 13.7. The lowest BCUT2D eigenvalue weighted by atomic mass is 10.3. The molecule has 0 aliphatic rings. The van der Waals surface area contributed by atoms with E-state index in [1.165, 1.54) is 0 Å². The van der Waals surface area contributed by atoms with E-state index in [0.29, 0.717) is 30.2 Å². The van der Waals surface area contributed by atoms with E-state index in [-0.39, 0.29) is 6.61 Å². The Kier molecular flexibility index (Phi) is 4.30. The van der Waals surface area contributed by atoms with Crippen LogP contribution in [0.5, 0.6) is 11.5 Å². The van der Waals surface area contributed by atoms with Crippen LogP contribution in [0.2, 0.25) is 0 Å². The molecule has 0 amide bonds. The summed E-state index contributed by atoms with van der Waals surface area (Å²) >= 11 is 0. The van der Waals surface area contributed by atoms with Gasteiger partial charge < -0.3 is 14.6 Å². The Morgan fingerprint density at radius 2 is 2.16 bits per heavy atom. The first-order valence-electron chi connectivity index (χ1n) is 5.84. The second kappa shape index (κ2) is 6.14. The van der Waals surface area contributed by atoms with Gasteiger partial charge in [-0.1, -0.05) is 5.21 Å². The summed E-state index contributed by atoms with van der Waals surface area (Å²) in [6, 6.07) is 1.74. The molecule has 102 valence electrons. The fourth-order valence-electron chi connectivity index (χ4n) is 1.76. The quantitative estimate of drug-likeness (QED) is 0.806. The number of aromatic nitrogens is 4. The highest BCUT2D eigenvalue weighted by Gasteiger charge is 2.12. The molecular formula is C12H16N4O3. The Balaban J connectivity index is 2.22. The molecule has 0 unspecified atom stereocenters. The van der Waals surface area contributed by atoms with E-state index in [1.54, 1.807) is 37.4 Å². The summed E-state index contributed by atoms with van der Waals surface area (Å²) in [7, 11) is 3.15. The Morgan fingerprint density at radius 1 is 1.32 bits per heavy atom. The van der Waals surface area contributed by atoms with Crippen LogP contribution >= 0.6 is 0 Å². The van der Waals surface area contributed by atoms with Gasteiger partial charge in [0.25, 0.3) is 0 Å². The van der Waals surface area contributed by atoms with Gasteiger partial charge in [-0.25, -0.2) is 4.68 Å². The number of nitrogens with zero attached hydrogens (tertiary/aromatic N) is 4. The average molecular weight is 264 g/mol. The van der Waals surface area contributed by atoms with Crippen molar-refractivity contribution in [2.24, 2.45) is 0 Å². The molecule has 1 N–H and O–H groups in total. The van der Waals surface area contributed by atoms with Crippen LogP contribution in [0.25, 0.3) is 0 Å². The fraction of sp³-hybridized carbons (Fsp3) is 0.417. The second-order valence-electron chi connectivity index (χ2n) is 3.87. The van der Waals surface area contributed by atoms with Crippen molar-refractivity contribution in [3.05, 3.63) is 29.8 Å². The van der Waals surface area contributed by atoms with E-state index >= 15 is 0 Å².